The Morgan fingerprint density at radius 2 is 1.92 bits per heavy atom. The first kappa shape index (κ1) is 9.03. The van der Waals surface area contributed by atoms with E-state index < -0.39 is 11.8 Å². The standard InChI is InChI=1S/C8H14N2O2/c9-7(11)4-6(8(10)12)3-5-1-2-5/h5-6H,1-4H2,(H2,9,11)(H2,10,12)/t6-/m0/s1. The van der Waals surface area contributed by atoms with Gasteiger partial charge in [-0.3, -0.25) is 9.59 Å². The van der Waals surface area contributed by atoms with Gasteiger partial charge < -0.3 is 11.5 Å². The van der Waals surface area contributed by atoms with Gasteiger partial charge >= 0.3 is 0 Å². The van der Waals surface area contributed by atoms with E-state index in [9.17, 15) is 9.59 Å². The van der Waals surface area contributed by atoms with Gasteiger partial charge in [0.1, 0.15) is 0 Å². The van der Waals surface area contributed by atoms with Crippen LogP contribution in [0.1, 0.15) is 25.7 Å². The number of hydrogen-bond acceptors (Lipinski definition) is 2. The summed E-state index contributed by atoms with van der Waals surface area (Å²) in [6.07, 6.45) is 3.15. The second-order valence-corrected chi connectivity index (χ2v) is 3.45. The van der Waals surface area contributed by atoms with Crippen molar-refractivity contribution in [1.29, 1.82) is 0 Å². The maximum Gasteiger partial charge on any atom is 0.221 e. The molecule has 0 saturated heterocycles. The van der Waals surface area contributed by atoms with Crippen LogP contribution >= 0.6 is 0 Å². The molecular formula is C8H14N2O2. The molecular weight excluding hydrogens is 156 g/mol. The summed E-state index contributed by atoms with van der Waals surface area (Å²) < 4.78 is 0. The molecule has 1 atom stereocenters. The van der Waals surface area contributed by atoms with E-state index in [1.807, 2.05) is 0 Å². The van der Waals surface area contributed by atoms with Gasteiger partial charge in [-0.15, -0.1) is 0 Å². The number of primary amides is 2. The van der Waals surface area contributed by atoms with Gasteiger partial charge in [-0.25, -0.2) is 0 Å². The Kier molecular flexibility index (Phi) is 2.68. The van der Waals surface area contributed by atoms with E-state index >= 15 is 0 Å². The maximum atomic E-state index is 10.8. The summed E-state index contributed by atoms with van der Waals surface area (Å²) in [5.74, 6) is -0.586. The molecule has 1 aliphatic carbocycles. The van der Waals surface area contributed by atoms with Crippen LogP contribution in [0, 0.1) is 11.8 Å². The van der Waals surface area contributed by atoms with Crippen molar-refractivity contribution in [2.45, 2.75) is 25.7 Å². The predicted octanol–water partition coefficient (Wildman–Crippen LogP) is -0.237. The zero-order chi connectivity index (χ0) is 9.14. The minimum absolute atomic E-state index is 0.103. The van der Waals surface area contributed by atoms with Gasteiger partial charge in [-0.05, 0) is 12.3 Å². The quantitative estimate of drug-likeness (QED) is 0.596. The van der Waals surface area contributed by atoms with Crippen LogP contribution < -0.4 is 11.5 Å². The third-order valence-corrected chi connectivity index (χ3v) is 2.16. The molecule has 4 nitrogen and oxygen atoms in total. The molecule has 0 radical (unpaired) electrons. The first-order chi connectivity index (χ1) is 5.59. The first-order valence-corrected chi connectivity index (χ1v) is 4.17. The largest absolute Gasteiger partial charge is 0.370 e. The lowest BCUT2D eigenvalue weighted by molar-refractivity contribution is -0.127. The average Bonchev–Trinajstić information content (AvgIpc) is 2.68. The van der Waals surface area contributed by atoms with E-state index in [0.717, 1.165) is 19.3 Å². The smallest absolute Gasteiger partial charge is 0.221 e. The molecule has 0 aromatic carbocycles. The lowest BCUT2D eigenvalue weighted by Gasteiger charge is -2.09. The summed E-state index contributed by atoms with van der Waals surface area (Å²) in [5.41, 5.74) is 10.1. The first-order valence-electron chi connectivity index (χ1n) is 4.17. The fourth-order valence-electron chi connectivity index (χ4n) is 1.30. The Morgan fingerprint density at radius 3 is 2.25 bits per heavy atom. The molecule has 2 amide bonds. The average molecular weight is 170 g/mol. The SMILES string of the molecule is NC(=O)C[C@H](CC1CC1)C(N)=O. The highest BCUT2D eigenvalue weighted by Crippen LogP contribution is 2.35. The van der Waals surface area contributed by atoms with E-state index in [0.29, 0.717) is 5.92 Å². The molecule has 0 aromatic rings. The van der Waals surface area contributed by atoms with Crippen LogP contribution in [0.2, 0.25) is 0 Å². The third kappa shape index (κ3) is 2.90. The summed E-state index contributed by atoms with van der Waals surface area (Å²) in [6.45, 7) is 0. The van der Waals surface area contributed by atoms with Crippen LogP contribution in [0.5, 0.6) is 0 Å². The van der Waals surface area contributed by atoms with Gasteiger partial charge in [0, 0.05) is 12.3 Å². The molecule has 0 heterocycles. The van der Waals surface area contributed by atoms with E-state index in [1.54, 1.807) is 0 Å². The van der Waals surface area contributed by atoms with Crippen molar-refractivity contribution in [3.63, 3.8) is 0 Å². The van der Waals surface area contributed by atoms with Gasteiger partial charge in [0.2, 0.25) is 11.8 Å². The zero-order valence-electron chi connectivity index (χ0n) is 6.95. The highest BCUT2D eigenvalue weighted by atomic mass is 16.2. The van der Waals surface area contributed by atoms with E-state index in [2.05, 4.69) is 0 Å². The minimum Gasteiger partial charge on any atom is -0.370 e. The van der Waals surface area contributed by atoms with Crippen molar-refractivity contribution in [1.82, 2.24) is 0 Å². The molecule has 0 spiro atoms. The van der Waals surface area contributed by atoms with Crippen molar-refractivity contribution >= 4 is 11.8 Å². The van der Waals surface area contributed by atoms with Gasteiger partial charge in [0.05, 0.1) is 0 Å². The molecule has 0 unspecified atom stereocenters. The fourth-order valence-corrected chi connectivity index (χ4v) is 1.30. The van der Waals surface area contributed by atoms with E-state index in [1.165, 1.54) is 0 Å². The fraction of sp³-hybridized carbons (Fsp3) is 0.750. The number of hydrogen-bond donors (Lipinski definition) is 2. The molecule has 4 heteroatoms. The van der Waals surface area contributed by atoms with Gasteiger partial charge in [-0.1, -0.05) is 12.8 Å². The molecule has 0 aliphatic heterocycles. The Bertz CT molecular complexity index is 199. The molecule has 0 bridgehead atoms. The van der Waals surface area contributed by atoms with Crippen LogP contribution in [-0.2, 0) is 9.59 Å². The lowest BCUT2D eigenvalue weighted by atomic mass is 9.97. The molecule has 4 N–H and O–H groups in total. The third-order valence-electron chi connectivity index (χ3n) is 2.16. The number of amides is 2. The van der Waals surface area contributed by atoms with Crippen molar-refractivity contribution < 1.29 is 9.59 Å². The number of carbonyl (C=O) groups is 2. The Hall–Kier alpha value is -1.06. The van der Waals surface area contributed by atoms with Crippen LogP contribution in [0.25, 0.3) is 0 Å². The van der Waals surface area contributed by atoms with Crippen LogP contribution in [0.15, 0.2) is 0 Å². The van der Waals surface area contributed by atoms with Crippen molar-refractivity contribution in [2.24, 2.45) is 23.3 Å². The normalized spacial score (nSPS) is 18.7. The molecule has 0 aromatic heterocycles. The van der Waals surface area contributed by atoms with Crippen LogP contribution in [-0.4, -0.2) is 11.8 Å². The highest BCUT2D eigenvalue weighted by molar-refractivity contribution is 5.83. The predicted molar refractivity (Wildman–Crippen MR) is 43.8 cm³/mol. The summed E-state index contributed by atoms with van der Waals surface area (Å²) in [5, 5.41) is 0. The molecule has 1 saturated carbocycles. The lowest BCUT2D eigenvalue weighted by Crippen LogP contribution is -2.28. The van der Waals surface area contributed by atoms with E-state index in [4.69, 9.17) is 11.5 Å². The number of carbonyl (C=O) groups excluding carboxylic acids is 2. The molecule has 68 valence electrons. The molecule has 12 heavy (non-hydrogen) atoms. The summed E-state index contributed by atoms with van der Waals surface area (Å²) >= 11 is 0. The monoisotopic (exact) mass is 170 g/mol. The van der Waals surface area contributed by atoms with Crippen LogP contribution in [0.4, 0.5) is 0 Å². The molecule has 1 aliphatic rings. The minimum atomic E-state index is -0.445. The summed E-state index contributed by atoms with van der Waals surface area (Å²) in [6, 6.07) is 0. The molecule has 1 fully saturated rings. The van der Waals surface area contributed by atoms with Gasteiger partial charge in [0.15, 0.2) is 0 Å². The maximum absolute atomic E-state index is 10.8. The van der Waals surface area contributed by atoms with Gasteiger partial charge in [-0.2, -0.15) is 0 Å². The van der Waals surface area contributed by atoms with Crippen molar-refractivity contribution in [3.8, 4) is 0 Å². The van der Waals surface area contributed by atoms with Crippen molar-refractivity contribution in [2.75, 3.05) is 0 Å². The Labute approximate surface area is 71.3 Å². The molecule has 1 rings (SSSR count). The number of rotatable bonds is 5. The second-order valence-electron chi connectivity index (χ2n) is 3.45. The van der Waals surface area contributed by atoms with Gasteiger partial charge in [0.25, 0.3) is 0 Å². The van der Waals surface area contributed by atoms with Crippen molar-refractivity contribution in [3.05, 3.63) is 0 Å². The zero-order valence-corrected chi connectivity index (χ0v) is 6.95. The summed E-state index contributed by atoms with van der Waals surface area (Å²) in [7, 11) is 0. The van der Waals surface area contributed by atoms with E-state index in [-0.39, 0.29) is 12.3 Å². The number of nitrogens with two attached hydrogens (primary N) is 2. The topological polar surface area (TPSA) is 86.2 Å². The second kappa shape index (κ2) is 3.56. The Morgan fingerprint density at radius 1 is 1.33 bits per heavy atom. The highest BCUT2D eigenvalue weighted by Gasteiger charge is 2.28. The Balaban J connectivity index is 2.36. The van der Waals surface area contributed by atoms with Crippen LogP contribution in [0.3, 0.4) is 0 Å². The summed E-state index contributed by atoms with van der Waals surface area (Å²) in [4.78, 5) is 21.3.